The number of carbonyl (C=O) groups is 1. The van der Waals surface area contributed by atoms with Crippen LogP contribution in [0.3, 0.4) is 0 Å². The summed E-state index contributed by atoms with van der Waals surface area (Å²) in [7, 11) is 0. The standard InChI is InChI=1S/C18H19NO/c20-18(14-13-17-10-5-2-6-11-17)19-15-7-12-16-8-3-1-4-9-16/h1-6,8-11,13-14H,7,12,15H2,(H,19,20). The van der Waals surface area contributed by atoms with Crippen LogP contribution in [-0.2, 0) is 11.2 Å². The zero-order valence-electron chi connectivity index (χ0n) is 11.5. The lowest BCUT2D eigenvalue weighted by atomic mass is 10.1. The van der Waals surface area contributed by atoms with Crippen molar-refractivity contribution in [1.82, 2.24) is 5.32 Å². The number of amides is 1. The Hall–Kier alpha value is -2.35. The van der Waals surface area contributed by atoms with Gasteiger partial charge in [-0.25, -0.2) is 0 Å². The van der Waals surface area contributed by atoms with E-state index in [0.29, 0.717) is 6.54 Å². The Labute approximate surface area is 120 Å². The third-order valence-electron chi connectivity index (χ3n) is 3.01. The minimum Gasteiger partial charge on any atom is -0.353 e. The highest BCUT2D eigenvalue weighted by atomic mass is 16.1. The van der Waals surface area contributed by atoms with Gasteiger partial charge in [-0.1, -0.05) is 60.7 Å². The van der Waals surface area contributed by atoms with Crippen LogP contribution in [0.4, 0.5) is 0 Å². The second-order valence-electron chi connectivity index (χ2n) is 4.62. The zero-order valence-corrected chi connectivity index (χ0v) is 11.5. The van der Waals surface area contributed by atoms with Crippen molar-refractivity contribution in [2.24, 2.45) is 0 Å². The normalized spacial score (nSPS) is 10.6. The molecule has 2 aromatic carbocycles. The van der Waals surface area contributed by atoms with Gasteiger partial charge in [0, 0.05) is 12.6 Å². The fourth-order valence-corrected chi connectivity index (χ4v) is 1.94. The molecule has 0 atom stereocenters. The maximum Gasteiger partial charge on any atom is 0.243 e. The van der Waals surface area contributed by atoms with Gasteiger partial charge < -0.3 is 5.32 Å². The van der Waals surface area contributed by atoms with Crippen LogP contribution in [-0.4, -0.2) is 12.5 Å². The van der Waals surface area contributed by atoms with E-state index < -0.39 is 0 Å². The second kappa shape index (κ2) is 7.95. The summed E-state index contributed by atoms with van der Waals surface area (Å²) in [6.07, 6.45) is 5.35. The molecule has 0 fully saturated rings. The molecule has 0 unspecified atom stereocenters. The third kappa shape index (κ3) is 5.11. The van der Waals surface area contributed by atoms with E-state index in [9.17, 15) is 4.79 Å². The molecule has 2 nitrogen and oxygen atoms in total. The van der Waals surface area contributed by atoms with Gasteiger partial charge in [0.15, 0.2) is 0 Å². The molecule has 0 aliphatic heterocycles. The third-order valence-corrected chi connectivity index (χ3v) is 3.01. The smallest absolute Gasteiger partial charge is 0.243 e. The first kappa shape index (κ1) is 14.1. The second-order valence-corrected chi connectivity index (χ2v) is 4.62. The highest BCUT2D eigenvalue weighted by Crippen LogP contribution is 2.02. The van der Waals surface area contributed by atoms with Gasteiger partial charge in [0.2, 0.25) is 5.91 Å². The summed E-state index contributed by atoms with van der Waals surface area (Å²) >= 11 is 0. The minimum atomic E-state index is -0.0399. The lowest BCUT2D eigenvalue weighted by Gasteiger charge is -2.02. The molecule has 0 saturated heterocycles. The Morgan fingerprint density at radius 2 is 1.60 bits per heavy atom. The lowest BCUT2D eigenvalue weighted by Crippen LogP contribution is -2.22. The van der Waals surface area contributed by atoms with Crippen molar-refractivity contribution in [3.63, 3.8) is 0 Å². The molecule has 2 heteroatoms. The Morgan fingerprint density at radius 1 is 0.950 bits per heavy atom. The van der Waals surface area contributed by atoms with Crippen molar-refractivity contribution >= 4 is 12.0 Å². The van der Waals surface area contributed by atoms with E-state index in [0.717, 1.165) is 18.4 Å². The van der Waals surface area contributed by atoms with E-state index >= 15 is 0 Å². The molecule has 0 radical (unpaired) electrons. The van der Waals surface area contributed by atoms with Crippen molar-refractivity contribution in [2.75, 3.05) is 6.54 Å². The van der Waals surface area contributed by atoms with Crippen LogP contribution >= 0.6 is 0 Å². The SMILES string of the molecule is O=C(C=Cc1ccccc1)NCCCc1ccccc1. The summed E-state index contributed by atoms with van der Waals surface area (Å²) in [5.74, 6) is -0.0399. The summed E-state index contributed by atoms with van der Waals surface area (Å²) < 4.78 is 0. The molecule has 1 amide bonds. The molecule has 2 aromatic rings. The Bertz CT molecular complexity index is 546. The van der Waals surface area contributed by atoms with Crippen LogP contribution in [0, 0.1) is 0 Å². The molecule has 0 bridgehead atoms. The monoisotopic (exact) mass is 265 g/mol. The first-order valence-electron chi connectivity index (χ1n) is 6.89. The fraction of sp³-hybridized carbons (Fsp3) is 0.167. The van der Waals surface area contributed by atoms with Crippen molar-refractivity contribution in [3.05, 3.63) is 77.9 Å². The van der Waals surface area contributed by atoms with Gasteiger partial charge in [-0.15, -0.1) is 0 Å². The highest BCUT2D eigenvalue weighted by Gasteiger charge is 1.96. The first-order chi connectivity index (χ1) is 9.84. The maximum atomic E-state index is 11.6. The van der Waals surface area contributed by atoms with E-state index in [2.05, 4.69) is 17.4 Å². The van der Waals surface area contributed by atoms with Crippen LogP contribution in [0.1, 0.15) is 17.5 Å². The van der Waals surface area contributed by atoms with Gasteiger partial charge >= 0.3 is 0 Å². The van der Waals surface area contributed by atoms with Crippen LogP contribution in [0.5, 0.6) is 0 Å². The van der Waals surface area contributed by atoms with Crippen molar-refractivity contribution < 1.29 is 4.79 Å². The van der Waals surface area contributed by atoms with Gasteiger partial charge in [0.25, 0.3) is 0 Å². The van der Waals surface area contributed by atoms with Crippen LogP contribution in [0.15, 0.2) is 66.7 Å². The van der Waals surface area contributed by atoms with Gasteiger partial charge in [0.1, 0.15) is 0 Å². The molecule has 0 aliphatic carbocycles. The highest BCUT2D eigenvalue weighted by molar-refractivity contribution is 5.91. The number of benzene rings is 2. The molecule has 102 valence electrons. The molecule has 0 saturated carbocycles. The number of aryl methyl sites for hydroxylation is 1. The molecular formula is C18H19NO. The van der Waals surface area contributed by atoms with Gasteiger partial charge in [-0.05, 0) is 30.0 Å². The predicted octanol–water partition coefficient (Wildman–Crippen LogP) is 3.45. The van der Waals surface area contributed by atoms with Gasteiger partial charge in [-0.3, -0.25) is 4.79 Å². The Balaban J connectivity index is 1.67. The average molecular weight is 265 g/mol. The molecule has 0 heterocycles. The summed E-state index contributed by atoms with van der Waals surface area (Å²) in [6, 6.07) is 20.1. The summed E-state index contributed by atoms with van der Waals surface area (Å²) in [6.45, 7) is 0.701. The van der Waals surface area contributed by atoms with Gasteiger partial charge in [0.05, 0.1) is 0 Å². The molecule has 20 heavy (non-hydrogen) atoms. The van der Waals surface area contributed by atoms with Crippen molar-refractivity contribution in [2.45, 2.75) is 12.8 Å². The Morgan fingerprint density at radius 3 is 2.30 bits per heavy atom. The van der Waals surface area contributed by atoms with E-state index in [1.54, 1.807) is 6.08 Å². The molecule has 2 rings (SSSR count). The first-order valence-corrected chi connectivity index (χ1v) is 6.89. The minimum absolute atomic E-state index is 0.0399. The molecule has 0 aromatic heterocycles. The maximum absolute atomic E-state index is 11.6. The Kier molecular flexibility index (Phi) is 5.59. The molecular weight excluding hydrogens is 246 g/mol. The number of hydrogen-bond acceptors (Lipinski definition) is 1. The van der Waals surface area contributed by atoms with Crippen LogP contribution in [0.2, 0.25) is 0 Å². The molecule has 1 N–H and O–H groups in total. The quantitative estimate of drug-likeness (QED) is 0.629. The van der Waals surface area contributed by atoms with Crippen molar-refractivity contribution in [1.29, 1.82) is 0 Å². The average Bonchev–Trinajstić information content (AvgIpc) is 2.52. The number of carbonyl (C=O) groups excluding carboxylic acids is 1. The molecule has 0 aliphatic rings. The predicted molar refractivity (Wildman–Crippen MR) is 83.2 cm³/mol. The van der Waals surface area contributed by atoms with E-state index in [-0.39, 0.29) is 5.91 Å². The fourth-order valence-electron chi connectivity index (χ4n) is 1.94. The number of hydrogen-bond donors (Lipinski definition) is 1. The van der Waals surface area contributed by atoms with E-state index in [1.807, 2.05) is 54.6 Å². The summed E-state index contributed by atoms with van der Waals surface area (Å²) in [4.78, 5) is 11.6. The van der Waals surface area contributed by atoms with E-state index in [1.165, 1.54) is 5.56 Å². The molecule has 0 spiro atoms. The largest absolute Gasteiger partial charge is 0.353 e. The van der Waals surface area contributed by atoms with Gasteiger partial charge in [-0.2, -0.15) is 0 Å². The zero-order chi connectivity index (χ0) is 14.0. The topological polar surface area (TPSA) is 29.1 Å². The van der Waals surface area contributed by atoms with E-state index in [4.69, 9.17) is 0 Å². The summed E-state index contributed by atoms with van der Waals surface area (Å²) in [5, 5.41) is 2.90. The van der Waals surface area contributed by atoms with Crippen LogP contribution in [0.25, 0.3) is 6.08 Å². The summed E-state index contributed by atoms with van der Waals surface area (Å²) in [5.41, 5.74) is 2.34. The number of nitrogens with one attached hydrogen (secondary N) is 1. The lowest BCUT2D eigenvalue weighted by molar-refractivity contribution is -0.116. The van der Waals surface area contributed by atoms with Crippen LogP contribution < -0.4 is 5.32 Å². The van der Waals surface area contributed by atoms with Crippen molar-refractivity contribution in [3.8, 4) is 0 Å². The number of rotatable bonds is 6.